The second-order valence-corrected chi connectivity index (χ2v) is 7.77. The van der Waals surface area contributed by atoms with Crippen molar-refractivity contribution in [1.82, 2.24) is 0 Å². The molecule has 1 unspecified atom stereocenters. The number of aryl methyl sites for hydroxylation is 2. The summed E-state index contributed by atoms with van der Waals surface area (Å²) in [6.45, 7) is 6.25. The van der Waals surface area contributed by atoms with Crippen molar-refractivity contribution < 1.29 is 19.4 Å². The fourth-order valence-electron chi connectivity index (χ4n) is 4.13. The fraction of sp³-hybridized carbons (Fsp3) is 0.185. The van der Waals surface area contributed by atoms with Gasteiger partial charge in [0.25, 0.3) is 11.7 Å². The molecule has 0 saturated carbocycles. The van der Waals surface area contributed by atoms with Crippen LogP contribution in [0, 0.1) is 13.8 Å². The highest BCUT2D eigenvalue weighted by molar-refractivity contribution is 6.51. The van der Waals surface area contributed by atoms with Crippen molar-refractivity contribution >= 4 is 23.1 Å². The molecule has 1 aliphatic rings. The molecule has 0 aliphatic carbocycles. The van der Waals surface area contributed by atoms with Crippen LogP contribution in [0.25, 0.3) is 5.76 Å². The lowest BCUT2D eigenvalue weighted by atomic mass is 9.92. The topological polar surface area (TPSA) is 66.8 Å². The van der Waals surface area contributed by atoms with Crippen LogP contribution in [0.3, 0.4) is 0 Å². The first-order chi connectivity index (χ1) is 15.4. The van der Waals surface area contributed by atoms with E-state index in [0.717, 1.165) is 16.7 Å². The highest BCUT2D eigenvalue weighted by Gasteiger charge is 2.47. The Morgan fingerprint density at radius 3 is 2.16 bits per heavy atom. The molecule has 162 valence electrons. The van der Waals surface area contributed by atoms with E-state index in [2.05, 4.69) is 0 Å². The molecule has 0 bridgehead atoms. The lowest BCUT2D eigenvalue weighted by Gasteiger charge is -2.27. The lowest BCUT2D eigenvalue weighted by molar-refractivity contribution is -0.132. The second-order valence-electron chi connectivity index (χ2n) is 7.77. The molecule has 0 radical (unpaired) electrons. The largest absolute Gasteiger partial charge is 0.507 e. The van der Waals surface area contributed by atoms with Crippen molar-refractivity contribution in [3.63, 3.8) is 0 Å². The number of rotatable bonds is 5. The van der Waals surface area contributed by atoms with Crippen LogP contribution in [-0.2, 0) is 9.59 Å². The summed E-state index contributed by atoms with van der Waals surface area (Å²) in [5, 5.41) is 11.2. The number of anilines is 1. The molecule has 0 spiro atoms. The zero-order valence-corrected chi connectivity index (χ0v) is 18.3. The molecule has 1 aliphatic heterocycles. The summed E-state index contributed by atoms with van der Waals surface area (Å²) in [7, 11) is 0. The Morgan fingerprint density at radius 1 is 0.906 bits per heavy atom. The number of para-hydroxylation sites is 1. The number of carbonyl (C=O) groups excluding carboxylic acids is 2. The number of hydrogen-bond acceptors (Lipinski definition) is 4. The van der Waals surface area contributed by atoms with Gasteiger partial charge in [0.05, 0.1) is 18.2 Å². The van der Waals surface area contributed by atoms with Gasteiger partial charge in [-0.1, -0.05) is 42.5 Å². The van der Waals surface area contributed by atoms with Gasteiger partial charge in [-0.25, -0.2) is 0 Å². The first kappa shape index (κ1) is 21.4. The van der Waals surface area contributed by atoms with Gasteiger partial charge in [0.2, 0.25) is 0 Å². The molecule has 1 heterocycles. The SMILES string of the molecule is CCOc1ccc(/C(O)=C2\C(=O)C(=O)N(c3ccccc3C)C2c2ccccc2C)cc1. The quantitative estimate of drug-likeness (QED) is 0.340. The average Bonchev–Trinajstić information content (AvgIpc) is 3.05. The first-order valence-corrected chi connectivity index (χ1v) is 10.6. The van der Waals surface area contributed by atoms with E-state index < -0.39 is 17.7 Å². The van der Waals surface area contributed by atoms with E-state index in [9.17, 15) is 14.7 Å². The van der Waals surface area contributed by atoms with Gasteiger partial charge in [-0.15, -0.1) is 0 Å². The minimum atomic E-state index is -0.733. The number of carbonyl (C=O) groups is 2. The molecular formula is C27H25NO4. The number of Topliss-reactive ketones (excluding diaryl/α,β-unsaturated/α-hetero) is 1. The molecule has 3 aromatic carbocycles. The number of hydrogen-bond donors (Lipinski definition) is 1. The number of nitrogens with zero attached hydrogens (tertiary/aromatic N) is 1. The lowest BCUT2D eigenvalue weighted by Crippen LogP contribution is -2.30. The van der Waals surface area contributed by atoms with Gasteiger partial charge in [-0.05, 0) is 67.8 Å². The zero-order chi connectivity index (χ0) is 22.8. The summed E-state index contributed by atoms with van der Waals surface area (Å²) in [4.78, 5) is 28.0. The van der Waals surface area contributed by atoms with Gasteiger partial charge < -0.3 is 9.84 Å². The van der Waals surface area contributed by atoms with Gasteiger partial charge in [0, 0.05) is 11.3 Å². The van der Waals surface area contributed by atoms with E-state index in [-0.39, 0.29) is 11.3 Å². The van der Waals surface area contributed by atoms with Crippen LogP contribution in [0.15, 0.2) is 78.4 Å². The molecule has 1 atom stereocenters. The van der Waals surface area contributed by atoms with Crippen molar-refractivity contribution in [2.24, 2.45) is 0 Å². The number of ether oxygens (including phenoxy) is 1. The number of ketones is 1. The van der Waals surface area contributed by atoms with Crippen molar-refractivity contribution in [2.75, 3.05) is 11.5 Å². The molecule has 5 heteroatoms. The molecule has 32 heavy (non-hydrogen) atoms. The minimum Gasteiger partial charge on any atom is -0.507 e. The van der Waals surface area contributed by atoms with Gasteiger partial charge in [-0.2, -0.15) is 0 Å². The van der Waals surface area contributed by atoms with E-state index in [1.807, 2.05) is 69.3 Å². The van der Waals surface area contributed by atoms with Crippen molar-refractivity contribution in [3.05, 3.63) is 101 Å². The average molecular weight is 428 g/mol. The van der Waals surface area contributed by atoms with E-state index in [1.54, 1.807) is 24.3 Å². The molecular weight excluding hydrogens is 402 g/mol. The third-order valence-corrected chi connectivity index (χ3v) is 5.74. The van der Waals surface area contributed by atoms with E-state index in [1.165, 1.54) is 4.90 Å². The number of benzene rings is 3. The van der Waals surface area contributed by atoms with Gasteiger partial charge in [0.15, 0.2) is 0 Å². The number of aliphatic hydroxyl groups is 1. The van der Waals surface area contributed by atoms with Crippen LogP contribution in [0.4, 0.5) is 5.69 Å². The summed E-state index contributed by atoms with van der Waals surface area (Å²) in [6.07, 6.45) is 0. The molecule has 1 saturated heterocycles. The summed E-state index contributed by atoms with van der Waals surface area (Å²) in [5.41, 5.74) is 3.77. The van der Waals surface area contributed by atoms with E-state index in [0.29, 0.717) is 23.6 Å². The maximum absolute atomic E-state index is 13.2. The number of aliphatic hydroxyl groups excluding tert-OH is 1. The monoisotopic (exact) mass is 427 g/mol. The Kier molecular flexibility index (Phi) is 5.82. The summed E-state index contributed by atoms with van der Waals surface area (Å²) < 4.78 is 5.47. The van der Waals surface area contributed by atoms with E-state index in [4.69, 9.17) is 4.74 Å². The van der Waals surface area contributed by atoms with Crippen molar-refractivity contribution in [2.45, 2.75) is 26.8 Å². The fourth-order valence-corrected chi connectivity index (χ4v) is 4.13. The summed E-state index contributed by atoms with van der Waals surface area (Å²) in [5.74, 6) is -0.886. The Hall–Kier alpha value is -3.86. The van der Waals surface area contributed by atoms with Crippen LogP contribution < -0.4 is 9.64 Å². The molecule has 1 N–H and O–H groups in total. The minimum absolute atomic E-state index is 0.0803. The van der Waals surface area contributed by atoms with Gasteiger partial charge in [-0.3, -0.25) is 14.5 Å². The first-order valence-electron chi connectivity index (χ1n) is 10.6. The third-order valence-electron chi connectivity index (χ3n) is 5.74. The Bertz CT molecular complexity index is 1210. The molecule has 4 rings (SSSR count). The zero-order valence-electron chi connectivity index (χ0n) is 18.3. The van der Waals surface area contributed by atoms with Crippen molar-refractivity contribution in [1.29, 1.82) is 0 Å². The second kappa shape index (κ2) is 8.71. The van der Waals surface area contributed by atoms with Crippen LogP contribution >= 0.6 is 0 Å². The smallest absolute Gasteiger partial charge is 0.300 e. The summed E-state index contributed by atoms with van der Waals surface area (Å²) in [6, 6.07) is 21.2. The summed E-state index contributed by atoms with van der Waals surface area (Å²) >= 11 is 0. The standard InChI is InChI=1S/C27H25NO4/c1-4-32-20-15-13-19(14-16-20)25(29)23-24(21-11-7-5-9-17(21)2)28(27(31)26(23)30)22-12-8-6-10-18(22)3/h5-16,24,29H,4H2,1-3H3/b25-23+. The maximum atomic E-state index is 13.2. The van der Waals surface area contributed by atoms with Gasteiger partial charge >= 0.3 is 0 Å². The normalized spacial score (nSPS) is 17.6. The van der Waals surface area contributed by atoms with Crippen LogP contribution in [-0.4, -0.2) is 23.4 Å². The predicted octanol–water partition coefficient (Wildman–Crippen LogP) is 5.33. The number of amides is 1. The van der Waals surface area contributed by atoms with Crippen LogP contribution in [0.2, 0.25) is 0 Å². The molecule has 1 amide bonds. The highest BCUT2D eigenvalue weighted by atomic mass is 16.5. The van der Waals surface area contributed by atoms with Crippen LogP contribution in [0.5, 0.6) is 5.75 Å². The Labute approximate surface area is 187 Å². The Morgan fingerprint density at radius 2 is 1.53 bits per heavy atom. The highest BCUT2D eigenvalue weighted by Crippen LogP contribution is 2.43. The molecule has 5 nitrogen and oxygen atoms in total. The maximum Gasteiger partial charge on any atom is 0.300 e. The van der Waals surface area contributed by atoms with Gasteiger partial charge in [0.1, 0.15) is 11.5 Å². The molecule has 3 aromatic rings. The molecule has 1 fully saturated rings. The Balaban J connectivity index is 1.93. The van der Waals surface area contributed by atoms with E-state index >= 15 is 0 Å². The third kappa shape index (κ3) is 3.66. The van der Waals surface area contributed by atoms with Crippen molar-refractivity contribution in [3.8, 4) is 5.75 Å². The molecule has 0 aromatic heterocycles. The predicted molar refractivity (Wildman–Crippen MR) is 125 cm³/mol. The van der Waals surface area contributed by atoms with Crippen LogP contribution in [0.1, 0.15) is 35.2 Å².